The number of aliphatic hydroxyl groups is 1. The van der Waals surface area contributed by atoms with E-state index in [1.807, 2.05) is 19.1 Å². The molecule has 6 heteroatoms. The molecule has 1 unspecified atom stereocenters. The number of β-amino-alcohol motifs (C(OH)–C–C–N with tert-alkyl or cyclic N) is 1. The van der Waals surface area contributed by atoms with Crippen LogP contribution in [0.3, 0.4) is 0 Å². The lowest BCUT2D eigenvalue weighted by atomic mass is 9.96. The van der Waals surface area contributed by atoms with Crippen molar-refractivity contribution in [2.75, 3.05) is 53.5 Å². The molecule has 2 rings (SSSR count). The Kier molecular flexibility index (Phi) is 7.43. The molecule has 1 N–H and O–H groups in total. The number of likely N-dealkylation sites (N-methyl/N-ethyl adjacent to an activating group) is 1. The number of piperazine rings is 1. The lowest BCUT2D eigenvalue weighted by Crippen LogP contribution is -2.47. The summed E-state index contributed by atoms with van der Waals surface area (Å²) in [5.74, 6) is 0.321. The van der Waals surface area contributed by atoms with Gasteiger partial charge in [0.25, 0.3) is 0 Å². The molecule has 26 heavy (non-hydrogen) atoms. The first-order chi connectivity index (χ1) is 12.3. The fraction of sp³-hybridized carbons (Fsp3) is 0.650. The van der Waals surface area contributed by atoms with Crippen LogP contribution in [-0.2, 0) is 4.74 Å². The molecule has 1 heterocycles. The maximum Gasteiger partial charge on any atom is 0.341 e. The highest BCUT2D eigenvalue weighted by Gasteiger charge is 2.23. The van der Waals surface area contributed by atoms with Crippen molar-refractivity contribution in [3.63, 3.8) is 0 Å². The van der Waals surface area contributed by atoms with Crippen LogP contribution in [0.4, 0.5) is 0 Å². The Balaban J connectivity index is 2.09. The van der Waals surface area contributed by atoms with Crippen LogP contribution in [0.2, 0.25) is 0 Å². The van der Waals surface area contributed by atoms with E-state index >= 15 is 0 Å². The molecule has 0 bridgehead atoms. The number of aliphatic hydroxyl groups excluding tert-OH is 1. The molecule has 1 aromatic rings. The van der Waals surface area contributed by atoms with Gasteiger partial charge < -0.3 is 19.5 Å². The fourth-order valence-corrected chi connectivity index (χ4v) is 3.22. The zero-order valence-electron chi connectivity index (χ0n) is 16.6. The highest BCUT2D eigenvalue weighted by atomic mass is 16.5. The first-order valence-corrected chi connectivity index (χ1v) is 9.27. The van der Waals surface area contributed by atoms with Gasteiger partial charge in [0.2, 0.25) is 0 Å². The molecular weight excluding hydrogens is 332 g/mol. The average molecular weight is 364 g/mol. The third-order valence-electron chi connectivity index (χ3n) is 4.89. The van der Waals surface area contributed by atoms with Gasteiger partial charge >= 0.3 is 5.97 Å². The summed E-state index contributed by atoms with van der Waals surface area (Å²) in [6.07, 6.45) is -0.607. The van der Waals surface area contributed by atoms with Gasteiger partial charge in [0.15, 0.2) is 0 Å². The predicted molar refractivity (Wildman–Crippen MR) is 102 cm³/mol. The number of hydrogen-bond acceptors (Lipinski definition) is 6. The number of ether oxygens (including phenoxy) is 2. The van der Waals surface area contributed by atoms with Crippen LogP contribution in [0.15, 0.2) is 12.1 Å². The number of esters is 1. The third kappa shape index (κ3) is 5.19. The van der Waals surface area contributed by atoms with Crippen molar-refractivity contribution in [2.45, 2.75) is 32.8 Å². The van der Waals surface area contributed by atoms with E-state index in [2.05, 4.69) is 30.7 Å². The summed E-state index contributed by atoms with van der Waals surface area (Å²) in [6, 6.07) is 3.89. The summed E-state index contributed by atoms with van der Waals surface area (Å²) < 4.78 is 10.9. The number of nitrogens with zero attached hydrogens (tertiary/aromatic N) is 2. The summed E-state index contributed by atoms with van der Waals surface area (Å²) >= 11 is 0. The van der Waals surface area contributed by atoms with Crippen LogP contribution in [0.25, 0.3) is 0 Å². The van der Waals surface area contributed by atoms with Crippen LogP contribution in [0.1, 0.15) is 41.3 Å². The van der Waals surface area contributed by atoms with Crippen LogP contribution >= 0.6 is 0 Å². The van der Waals surface area contributed by atoms with Crippen molar-refractivity contribution in [2.24, 2.45) is 0 Å². The molecule has 1 aromatic carbocycles. The van der Waals surface area contributed by atoms with Gasteiger partial charge in [0.1, 0.15) is 24.0 Å². The normalized spacial score (nSPS) is 17.3. The quantitative estimate of drug-likeness (QED) is 0.746. The minimum Gasteiger partial charge on any atom is -0.490 e. The average Bonchev–Trinajstić information content (AvgIpc) is 2.61. The van der Waals surface area contributed by atoms with E-state index in [1.165, 1.54) is 7.11 Å². The molecule has 0 aliphatic carbocycles. The summed E-state index contributed by atoms with van der Waals surface area (Å²) in [4.78, 5) is 16.8. The van der Waals surface area contributed by atoms with Crippen LogP contribution in [0, 0.1) is 6.92 Å². The maximum atomic E-state index is 12.2. The lowest BCUT2D eigenvalue weighted by molar-refractivity contribution is 0.0478. The van der Waals surface area contributed by atoms with Crippen molar-refractivity contribution >= 4 is 5.97 Å². The number of benzene rings is 1. The highest BCUT2D eigenvalue weighted by Crippen LogP contribution is 2.33. The summed E-state index contributed by atoms with van der Waals surface area (Å²) in [5, 5.41) is 10.4. The predicted octanol–water partition coefficient (Wildman–Crippen LogP) is 1.89. The van der Waals surface area contributed by atoms with E-state index in [4.69, 9.17) is 9.47 Å². The van der Waals surface area contributed by atoms with E-state index in [0.29, 0.717) is 17.9 Å². The van der Waals surface area contributed by atoms with E-state index in [0.717, 1.165) is 37.3 Å². The second kappa shape index (κ2) is 9.35. The van der Waals surface area contributed by atoms with Crippen molar-refractivity contribution in [1.82, 2.24) is 9.80 Å². The molecule has 0 radical (unpaired) electrons. The smallest absolute Gasteiger partial charge is 0.341 e. The van der Waals surface area contributed by atoms with Gasteiger partial charge in [-0.3, -0.25) is 4.90 Å². The van der Waals surface area contributed by atoms with Gasteiger partial charge in [0, 0.05) is 32.7 Å². The molecule has 1 saturated heterocycles. The highest BCUT2D eigenvalue weighted by molar-refractivity contribution is 5.94. The Morgan fingerprint density at radius 2 is 1.88 bits per heavy atom. The number of methoxy groups -OCH3 is 1. The Bertz CT molecular complexity index is 610. The second-order valence-corrected chi connectivity index (χ2v) is 7.39. The molecule has 1 aliphatic heterocycles. The van der Waals surface area contributed by atoms with Gasteiger partial charge in [-0.15, -0.1) is 0 Å². The van der Waals surface area contributed by atoms with Gasteiger partial charge in [-0.1, -0.05) is 26.0 Å². The summed E-state index contributed by atoms with van der Waals surface area (Å²) in [5.41, 5.74) is 2.21. The zero-order valence-corrected chi connectivity index (χ0v) is 16.6. The minimum absolute atomic E-state index is 0.152. The van der Waals surface area contributed by atoms with Gasteiger partial charge in [-0.2, -0.15) is 0 Å². The van der Waals surface area contributed by atoms with Gasteiger partial charge in [0.05, 0.1) is 7.11 Å². The first kappa shape index (κ1) is 20.7. The Hall–Kier alpha value is -1.63. The standard InChI is InChI=1S/C20H32N2O4/c1-14(2)17-7-6-15(3)18(20(24)25-5)19(17)26-13-16(23)12-22-10-8-21(4)9-11-22/h6-7,14,16,23H,8-13H2,1-5H3. The molecule has 146 valence electrons. The lowest BCUT2D eigenvalue weighted by Gasteiger charge is -2.33. The Morgan fingerprint density at radius 1 is 1.23 bits per heavy atom. The topological polar surface area (TPSA) is 62.2 Å². The van der Waals surface area contributed by atoms with E-state index < -0.39 is 12.1 Å². The number of carbonyl (C=O) groups is 1. The Labute approximate surface area is 156 Å². The van der Waals surface area contributed by atoms with Crippen molar-refractivity contribution in [3.05, 3.63) is 28.8 Å². The maximum absolute atomic E-state index is 12.2. The van der Waals surface area contributed by atoms with E-state index in [9.17, 15) is 9.90 Å². The Morgan fingerprint density at radius 3 is 2.46 bits per heavy atom. The first-order valence-electron chi connectivity index (χ1n) is 9.27. The summed E-state index contributed by atoms with van der Waals surface area (Å²) in [7, 11) is 3.48. The number of aryl methyl sites for hydroxylation is 1. The SMILES string of the molecule is COC(=O)c1c(C)ccc(C(C)C)c1OCC(O)CN1CCN(C)CC1. The molecule has 6 nitrogen and oxygen atoms in total. The van der Waals surface area contributed by atoms with E-state index in [-0.39, 0.29) is 12.5 Å². The molecule has 0 aromatic heterocycles. The number of carbonyl (C=O) groups excluding carboxylic acids is 1. The van der Waals surface area contributed by atoms with Crippen LogP contribution in [-0.4, -0.2) is 80.5 Å². The minimum atomic E-state index is -0.607. The van der Waals surface area contributed by atoms with Crippen molar-refractivity contribution in [3.8, 4) is 5.75 Å². The van der Waals surface area contributed by atoms with Crippen molar-refractivity contribution < 1.29 is 19.4 Å². The third-order valence-corrected chi connectivity index (χ3v) is 4.89. The molecule has 0 spiro atoms. The fourth-order valence-electron chi connectivity index (χ4n) is 3.22. The molecular formula is C20H32N2O4. The summed E-state index contributed by atoms with van der Waals surface area (Å²) in [6.45, 7) is 10.6. The number of hydrogen-bond donors (Lipinski definition) is 1. The second-order valence-electron chi connectivity index (χ2n) is 7.39. The van der Waals surface area contributed by atoms with Gasteiger partial charge in [-0.25, -0.2) is 4.79 Å². The zero-order chi connectivity index (χ0) is 19.3. The molecule has 1 aliphatic rings. The van der Waals surface area contributed by atoms with Crippen LogP contribution in [0.5, 0.6) is 5.75 Å². The molecule has 0 amide bonds. The van der Waals surface area contributed by atoms with Crippen LogP contribution < -0.4 is 4.74 Å². The molecule has 0 saturated carbocycles. The monoisotopic (exact) mass is 364 g/mol. The number of rotatable bonds is 7. The molecule has 1 atom stereocenters. The van der Waals surface area contributed by atoms with E-state index in [1.54, 1.807) is 0 Å². The molecule has 1 fully saturated rings. The van der Waals surface area contributed by atoms with Crippen molar-refractivity contribution in [1.29, 1.82) is 0 Å². The van der Waals surface area contributed by atoms with Gasteiger partial charge in [-0.05, 0) is 31.0 Å². The largest absolute Gasteiger partial charge is 0.490 e.